The van der Waals surface area contributed by atoms with Crippen LogP contribution in [0, 0.1) is 0 Å². The van der Waals surface area contributed by atoms with E-state index in [1.165, 1.54) is 0 Å². The number of hydrogen-bond acceptors (Lipinski definition) is 1. The van der Waals surface area contributed by atoms with Crippen molar-refractivity contribution in [2.24, 2.45) is 0 Å². The van der Waals surface area contributed by atoms with Crippen molar-refractivity contribution in [3.05, 3.63) is 0 Å². The molecule has 0 saturated heterocycles. The molecule has 0 saturated carbocycles. The second kappa shape index (κ2) is 9.20. The maximum atomic E-state index is 9.87. The van der Waals surface area contributed by atoms with Gasteiger partial charge in [-0.15, -0.1) is 0 Å². The van der Waals surface area contributed by atoms with Crippen molar-refractivity contribution in [3.63, 3.8) is 0 Å². The van der Waals surface area contributed by atoms with Gasteiger partial charge >= 0.3 is 35.5 Å². The van der Waals surface area contributed by atoms with E-state index in [1.54, 1.807) is 0 Å². The van der Waals surface area contributed by atoms with Crippen molar-refractivity contribution in [2.45, 2.75) is 19.3 Å². The first-order chi connectivity index (χ1) is 3.77. The summed E-state index contributed by atoms with van der Waals surface area (Å²) in [6.07, 6.45) is 2.16. The summed E-state index contributed by atoms with van der Waals surface area (Å²) in [5.74, 6) is -0.685. The Hall–Kier alpha value is 1.20. The molecule has 9 heavy (non-hydrogen) atoms. The second-order valence-corrected chi connectivity index (χ2v) is 2.62. The van der Waals surface area contributed by atoms with Crippen LogP contribution in [0.3, 0.4) is 0 Å². The topological polar surface area (TPSA) is 37.3 Å². The molecular weight excluding hydrogens is 242 g/mol. The van der Waals surface area contributed by atoms with Gasteiger partial charge in [-0.2, -0.15) is 0 Å². The number of carboxylic acid groups (broad SMARTS) is 1. The Morgan fingerprint density at radius 1 is 1.44 bits per heavy atom. The number of aliphatic carboxylic acids is 1. The Bertz CT molecular complexity index is 77.4. The van der Waals surface area contributed by atoms with Crippen molar-refractivity contribution in [1.29, 1.82) is 0 Å². The molecule has 2 nitrogen and oxygen atoms in total. The van der Waals surface area contributed by atoms with Crippen LogP contribution in [0.25, 0.3) is 0 Å². The number of hydrogen-bond donors (Lipinski definition) is 1. The molecule has 0 amide bonds. The molecule has 0 aliphatic rings. The average Bonchev–Trinajstić information content (AvgIpc) is 1.66. The molecule has 0 fully saturated rings. The third-order valence-corrected chi connectivity index (χ3v) is 1.54. The van der Waals surface area contributed by atoms with E-state index in [9.17, 15) is 4.79 Å². The number of rotatable bonds is 4. The molecule has 0 unspecified atom stereocenters. The summed E-state index contributed by atoms with van der Waals surface area (Å²) in [7, 11) is 0. The standard InChI is InChI=1S/C5H9IO2.Na.H/c6-4-2-1-3-5(7)8;;/h1-4H2,(H,7,8);;. The molecule has 0 radical (unpaired) electrons. The molecule has 0 aliphatic carbocycles. The van der Waals surface area contributed by atoms with E-state index in [4.69, 9.17) is 5.11 Å². The second-order valence-electron chi connectivity index (χ2n) is 1.54. The number of halogens is 1. The number of alkyl halides is 1. The Balaban J connectivity index is 0. The Kier molecular flexibility index (Phi) is 13.1. The number of carbonyl (C=O) groups is 1. The van der Waals surface area contributed by atoms with Crippen LogP contribution < -0.4 is 0 Å². The summed E-state index contributed by atoms with van der Waals surface area (Å²) in [6, 6.07) is 0. The van der Waals surface area contributed by atoms with Gasteiger partial charge in [0.05, 0.1) is 0 Å². The first-order valence-corrected chi connectivity index (χ1v) is 4.07. The van der Waals surface area contributed by atoms with Gasteiger partial charge in [-0.25, -0.2) is 0 Å². The summed E-state index contributed by atoms with van der Waals surface area (Å²) in [6.45, 7) is 0. The van der Waals surface area contributed by atoms with E-state index in [-0.39, 0.29) is 29.6 Å². The molecule has 0 bridgehead atoms. The van der Waals surface area contributed by atoms with E-state index in [2.05, 4.69) is 22.6 Å². The molecule has 0 atom stereocenters. The van der Waals surface area contributed by atoms with E-state index in [0.717, 1.165) is 17.3 Å². The summed E-state index contributed by atoms with van der Waals surface area (Å²) in [4.78, 5) is 9.87. The molecule has 50 valence electrons. The Labute approximate surface area is 90.8 Å². The van der Waals surface area contributed by atoms with Crippen molar-refractivity contribution < 1.29 is 9.90 Å². The van der Waals surface area contributed by atoms with Gasteiger partial charge in [0.2, 0.25) is 0 Å². The molecule has 4 heteroatoms. The minimum atomic E-state index is -0.685. The molecule has 0 aromatic heterocycles. The third-order valence-electron chi connectivity index (χ3n) is 0.774. The Morgan fingerprint density at radius 2 is 2.00 bits per heavy atom. The van der Waals surface area contributed by atoms with Crippen LogP contribution in [0.4, 0.5) is 0 Å². The summed E-state index contributed by atoms with van der Waals surface area (Å²) in [5, 5.41) is 8.14. The van der Waals surface area contributed by atoms with Crippen LogP contribution in [0.5, 0.6) is 0 Å². The maximum absolute atomic E-state index is 9.87. The summed E-state index contributed by atoms with van der Waals surface area (Å²) < 4.78 is 1.06. The first-order valence-electron chi connectivity index (χ1n) is 2.55. The normalized spacial score (nSPS) is 8.11. The predicted octanol–water partition coefficient (Wildman–Crippen LogP) is 1.03. The van der Waals surface area contributed by atoms with Crippen molar-refractivity contribution >= 4 is 58.1 Å². The van der Waals surface area contributed by atoms with Crippen LogP contribution in [-0.4, -0.2) is 45.1 Å². The minimum absolute atomic E-state index is 0. The van der Waals surface area contributed by atoms with Crippen molar-refractivity contribution in [1.82, 2.24) is 0 Å². The zero-order valence-electron chi connectivity index (χ0n) is 4.56. The molecule has 0 spiro atoms. The summed E-state index contributed by atoms with van der Waals surface area (Å²) >= 11 is 2.24. The van der Waals surface area contributed by atoms with E-state index < -0.39 is 5.97 Å². The molecular formula is C5H10INaO2. The fraction of sp³-hybridized carbons (Fsp3) is 0.800. The van der Waals surface area contributed by atoms with Gasteiger partial charge in [0.15, 0.2) is 0 Å². The van der Waals surface area contributed by atoms with Gasteiger partial charge < -0.3 is 5.11 Å². The zero-order chi connectivity index (χ0) is 6.41. The molecule has 0 rings (SSSR count). The SMILES string of the molecule is O=C(O)CCCCI.[NaH]. The Morgan fingerprint density at radius 3 is 2.33 bits per heavy atom. The average molecular weight is 252 g/mol. The first kappa shape index (κ1) is 12.8. The number of carboxylic acids is 1. The van der Waals surface area contributed by atoms with Crippen molar-refractivity contribution in [2.75, 3.05) is 4.43 Å². The molecule has 0 aromatic carbocycles. The molecule has 0 aromatic rings. The molecule has 1 N–H and O–H groups in total. The van der Waals surface area contributed by atoms with Gasteiger partial charge in [-0.3, -0.25) is 4.79 Å². The quantitative estimate of drug-likeness (QED) is 0.351. The third kappa shape index (κ3) is 12.4. The molecule has 0 aliphatic heterocycles. The van der Waals surface area contributed by atoms with Gasteiger partial charge in [-0.05, 0) is 17.3 Å². The van der Waals surface area contributed by atoms with Gasteiger partial charge in [-0.1, -0.05) is 22.6 Å². The predicted molar refractivity (Wildman–Crippen MR) is 47.5 cm³/mol. The van der Waals surface area contributed by atoms with E-state index >= 15 is 0 Å². The van der Waals surface area contributed by atoms with Gasteiger partial charge in [0, 0.05) is 6.42 Å². The van der Waals surface area contributed by atoms with Crippen molar-refractivity contribution in [3.8, 4) is 0 Å². The van der Waals surface area contributed by atoms with Crippen LogP contribution in [0.15, 0.2) is 0 Å². The monoisotopic (exact) mass is 252 g/mol. The van der Waals surface area contributed by atoms with Crippen LogP contribution in [-0.2, 0) is 4.79 Å². The van der Waals surface area contributed by atoms with E-state index in [0.29, 0.717) is 6.42 Å². The van der Waals surface area contributed by atoms with Crippen LogP contribution >= 0.6 is 22.6 Å². The zero-order valence-corrected chi connectivity index (χ0v) is 6.72. The van der Waals surface area contributed by atoms with Gasteiger partial charge in [0.1, 0.15) is 0 Å². The fourth-order valence-corrected chi connectivity index (χ4v) is 0.910. The fourth-order valence-electron chi connectivity index (χ4n) is 0.371. The van der Waals surface area contributed by atoms with Crippen LogP contribution in [0.1, 0.15) is 19.3 Å². The summed E-state index contributed by atoms with van der Waals surface area (Å²) in [5.41, 5.74) is 0. The van der Waals surface area contributed by atoms with E-state index in [1.807, 2.05) is 0 Å². The van der Waals surface area contributed by atoms with Gasteiger partial charge in [0.25, 0.3) is 0 Å². The van der Waals surface area contributed by atoms with Crippen LogP contribution in [0.2, 0.25) is 0 Å². The molecule has 0 heterocycles. The number of unbranched alkanes of at least 4 members (excludes halogenated alkanes) is 1.